The van der Waals surface area contributed by atoms with Crippen LogP contribution in [0, 0.1) is 13.8 Å². The highest BCUT2D eigenvalue weighted by atomic mass is 15.3. The van der Waals surface area contributed by atoms with E-state index in [2.05, 4.69) is 55.3 Å². The van der Waals surface area contributed by atoms with Crippen molar-refractivity contribution in [2.24, 2.45) is 5.73 Å². The number of nitrogens with two attached hydrogens (primary N) is 1. The smallest absolute Gasteiger partial charge is 0.0771 e. The van der Waals surface area contributed by atoms with Gasteiger partial charge < -0.3 is 5.73 Å². The Balaban J connectivity index is 2.22. The number of rotatable bonds is 3. The fraction of sp³-hybridized carbons (Fsp3) is 0.167. The maximum atomic E-state index is 5.78. The first kappa shape index (κ1) is 13.6. The third kappa shape index (κ3) is 2.60. The molecule has 0 aliphatic carbocycles. The molecular weight excluding hydrogens is 258 g/mol. The zero-order valence-corrected chi connectivity index (χ0v) is 12.4. The summed E-state index contributed by atoms with van der Waals surface area (Å²) >= 11 is 0. The van der Waals surface area contributed by atoms with Gasteiger partial charge in [0.1, 0.15) is 0 Å². The minimum absolute atomic E-state index is 0.442. The molecule has 0 spiro atoms. The Labute approximate surface area is 125 Å². The Bertz CT molecular complexity index is 757. The molecule has 3 nitrogen and oxygen atoms in total. The van der Waals surface area contributed by atoms with E-state index in [1.54, 1.807) is 0 Å². The highest BCUT2D eigenvalue weighted by Gasteiger charge is 2.12. The van der Waals surface area contributed by atoms with Gasteiger partial charge in [-0.3, -0.25) is 0 Å². The predicted octanol–water partition coefficient (Wildman–Crippen LogP) is 3.61. The average Bonchev–Trinajstić information content (AvgIpc) is 2.95. The zero-order chi connectivity index (χ0) is 14.8. The van der Waals surface area contributed by atoms with Crippen molar-refractivity contribution >= 4 is 0 Å². The topological polar surface area (TPSA) is 43.8 Å². The second-order valence-electron chi connectivity index (χ2n) is 5.29. The summed E-state index contributed by atoms with van der Waals surface area (Å²) in [6.45, 7) is 4.64. The highest BCUT2D eigenvalue weighted by molar-refractivity contribution is 5.63. The Morgan fingerprint density at radius 2 is 1.76 bits per heavy atom. The molecule has 0 aliphatic heterocycles. The molecule has 3 aromatic rings. The summed E-state index contributed by atoms with van der Waals surface area (Å²) in [5.41, 5.74) is 12.4. The van der Waals surface area contributed by atoms with Gasteiger partial charge in [0, 0.05) is 12.1 Å². The summed E-state index contributed by atoms with van der Waals surface area (Å²) in [6, 6.07) is 18.8. The molecule has 0 saturated heterocycles. The van der Waals surface area contributed by atoms with Crippen LogP contribution in [0.15, 0.2) is 54.6 Å². The molecule has 0 radical (unpaired) electrons. The number of aryl methyl sites for hydroxylation is 2. The summed E-state index contributed by atoms with van der Waals surface area (Å²) in [7, 11) is 0. The van der Waals surface area contributed by atoms with Gasteiger partial charge in [-0.1, -0.05) is 42.5 Å². The van der Waals surface area contributed by atoms with Crippen LogP contribution in [0.5, 0.6) is 0 Å². The minimum Gasteiger partial charge on any atom is -0.325 e. The van der Waals surface area contributed by atoms with E-state index >= 15 is 0 Å². The van der Waals surface area contributed by atoms with E-state index in [1.165, 1.54) is 11.1 Å². The van der Waals surface area contributed by atoms with Gasteiger partial charge in [0.05, 0.1) is 17.1 Å². The van der Waals surface area contributed by atoms with Gasteiger partial charge >= 0.3 is 0 Å². The third-order valence-corrected chi connectivity index (χ3v) is 3.63. The van der Waals surface area contributed by atoms with Crippen molar-refractivity contribution in [1.82, 2.24) is 9.78 Å². The van der Waals surface area contributed by atoms with E-state index in [-0.39, 0.29) is 0 Å². The molecule has 1 heterocycles. The van der Waals surface area contributed by atoms with Crippen molar-refractivity contribution in [3.8, 4) is 16.9 Å². The highest BCUT2D eigenvalue weighted by Crippen LogP contribution is 2.26. The van der Waals surface area contributed by atoms with Gasteiger partial charge in [-0.05, 0) is 37.1 Å². The second-order valence-corrected chi connectivity index (χ2v) is 5.29. The molecule has 0 fully saturated rings. The normalized spacial score (nSPS) is 10.8. The summed E-state index contributed by atoms with van der Waals surface area (Å²) in [4.78, 5) is 0. The molecule has 0 amide bonds. The van der Waals surface area contributed by atoms with E-state index in [9.17, 15) is 0 Å². The largest absolute Gasteiger partial charge is 0.325 e. The summed E-state index contributed by atoms with van der Waals surface area (Å²) in [5, 5.41) is 4.67. The van der Waals surface area contributed by atoms with E-state index in [0.717, 1.165) is 22.6 Å². The van der Waals surface area contributed by atoms with Crippen molar-refractivity contribution in [3.05, 3.63) is 71.4 Å². The van der Waals surface area contributed by atoms with Gasteiger partial charge in [0.25, 0.3) is 0 Å². The Kier molecular flexibility index (Phi) is 3.59. The van der Waals surface area contributed by atoms with Crippen molar-refractivity contribution < 1.29 is 0 Å². The van der Waals surface area contributed by atoms with Crippen LogP contribution in [0.1, 0.15) is 16.8 Å². The monoisotopic (exact) mass is 277 g/mol. The van der Waals surface area contributed by atoms with Crippen LogP contribution in [0.3, 0.4) is 0 Å². The lowest BCUT2D eigenvalue weighted by Crippen LogP contribution is -2.04. The van der Waals surface area contributed by atoms with E-state index in [0.29, 0.717) is 6.54 Å². The quantitative estimate of drug-likeness (QED) is 0.794. The fourth-order valence-electron chi connectivity index (χ4n) is 2.48. The molecule has 3 rings (SSSR count). The molecule has 0 saturated carbocycles. The lowest BCUT2D eigenvalue weighted by Gasteiger charge is -2.11. The van der Waals surface area contributed by atoms with Crippen LogP contribution >= 0.6 is 0 Å². The van der Waals surface area contributed by atoms with E-state index in [1.807, 2.05) is 22.9 Å². The number of benzene rings is 2. The van der Waals surface area contributed by atoms with Crippen LogP contribution in [-0.4, -0.2) is 9.78 Å². The summed E-state index contributed by atoms with van der Waals surface area (Å²) in [5.74, 6) is 0. The van der Waals surface area contributed by atoms with Crippen molar-refractivity contribution in [3.63, 3.8) is 0 Å². The SMILES string of the molecule is Cc1ccc(C)c(-n2nc(CN)cc2-c2ccccc2)c1. The summed E-state index contributed by atoms with van der Waals surface area (Å²) < 4.78 is 2.00. The standard InChI is InChI=1S/C18H19N3/c1-13-8-9-14(2)17(10-13)21-18(11-16(12-19)20-21)15-6-4-3-5-7-15/h3-11H,12,19H2,1-2H3. The molecule has 106 valence electrons. The number of aromatic nitrogens is 2. The molecule has 21 heavy (non-hydrogen) atoms. The first-order valence-electron chi connectivity index (χ1n) is 7.11. The Morgan fingerprint density at radius 1 is 1.00 bits per heavy atom. The second kappa shape index (κ2) is 5.54. The van der Waals surface area contributed by atoms with Gasteiger partial charge in [0.2, 0.25) is 0 Å². The van der Waals surface area contributed by atoms with E-state index in [4.69, 9.17) is 5.73 Å². The maximum Gasteiger partial charge on any atom is 0.0771 e. The lowest BCUT2D eigenvalue weighted by atomic mass is 10.1. The van der Waals surface area contributed by atoms with Crippen LogP contribution in [-0.2, 0) is 6.54 Å². The first-order chi connectivity index (χ1) is 10.2. The van der Waals surface area contributed by atoms with Gasteiger partial charge in [-0.15, -0.1) is 0 Å². The summed E-state index contributed by atoms with van der Waals surface area (Å²) in [6.07, 6.45) is 0. The van der Waals surface area contributed by atoms with Crippen LogP contribution in [0.25, 0.3) is 16.9 Å². The maximum absolute atomic E-state index is 5.78. The van der Waals surface area contributed by atoms with Crippen molar-refractivity contribution in [2.45, 2.75) is 20.4 Å². The van der Waals surface area contributed by atoms with Crippen LogP contribution in [0.2, 0.25) is 0 Å². The molecule has 2 N–H and O–H groups in total. The first-order valence-corrected chi connectivity index (χ1v) is 7.11. The third-order valence-electron chi connectivity index (χ3n) is 3.63. The van der Waals surface area contributed by atoms with Crippen LogP contribution in [0.4, 0.5) is 0 Å². The van der Waals surface area contributed by atoms with Gasteiger partial charge in [-0.25, -0.2) is 4.68 Å². The molecule has 2 aromatic carbocycles. The van der Waals surface area contributed by atoms with Gasteiger partial charge in [-0.2, -0.15) is 5.10 Å². The average molecular weight is 277 g/mol. The molecular formula is C18H19N3. The lowest BCUT2D eigenvalue weighted by molar-refractivity contribution is 0.832. The number of hydrogen-bond acceptors (Lipinski definition) is 2. The Morgan fingerprint density at radius 3 is 2.48 bits per heavy atom. The molecule has 0 unspecified atom stereocenters. The van der Waals surface area contributed by atoms with Crippen molar-refractivity contribution in [2.75, 3.05) is 0 Å². The number of nitrogens with zero attached hydrogens (tertiary/aromatic N) is 2. The molecule has 0 aliphatic rings. The Hall–Kier alpha value is -2.39. The predicted molar refractivity (Wildman–Crippen MR) is 86.4 cm³/mol. The molecule has 1 aromatic heterocycles. The minimum atomic E-state index is 0.442. The molecule has 0 atom stereocenters. The van der Waals surface area contributed by atoms with Crippen molar-refractivity contribution in [1.29, 1.82) is 0 Å². The zero-order valence-electron chi connectivity index (χ0n) is 12.4. The van der Waals surface area contributed by atoms with Gasteiger partial charge in [0.15, 0.2) is 0 Å². The molecule has 3 heteroatoms. The van der Waals surface area contributed by atoms with E-state index < -0.39 is 0 Å². The molecule has 0 bridgehead atoms. The number of hydrogen-bond donors (Lipinski definition) is 1. The van der Waals surface area contributed by atoms with Crippen LogP contribution < -0.4 is 5.73 Å². The fourth-order valence-corrected chi connectivity index (χ4v) is 2.48.